The number of ether oxygens (including phenoxy) is 3. The van der Waals surface area contributed by atoms with Gasteiger partial charge < -0.3 is 18.8 Å². The van der Waals surface area contributed by atoms with Crippen LogP contribution < -0.4 is 19.1 Å². The highest BCUT2D eigenvalue weighted by atomic mass is 35.5. The Hall–Kier alpha value is -3.30. The zero-order valence-electron chi connectivity index (χ0n) is 18.2. The first-order valence-electron chi connectivity index (χ1n) is 10.2. The van der Waals surface area contributed by atoms with Gasteiger partial charge in [-0.2, -0.15) is 0 Å². The third kappa shape index (κ3) is 5.37. The predicted molar refractivity (Wildman–Crippen MR) is 129 cm³/mol. The highest BCUT2D eigenvalue weighted by Crippen LogP contribution is 2.40. The quantitative estimate of drug-likeness (QED) is 0.324. The lowest BCUT2D eigenvalue weighted by molar-refractivity contribution is -0.120. The fourth-order valence-corrected chi connectivity index (χ4v) is 4.54. The monoisotopic (exact) mass is 486 g/mol. The van der Waals surface area contributed by atoms with E-state index in [9.17, 15) is 4.79 Å². The van der Waals surface area contributed by atoms with Crippen LogP contribution in [0.1, 0.15) is 6.42 Å². The first kappa shape index (κ1) is 22.9. The van der Waals surface area contributed by atoms with E-state index in [0.29, 0.717) is 45.9 Å². The molecule has 2 aromatic heterocycles. The average Bonchev–Trinajstić information content (AvgIpc) is 3.51. The molecule has 10 heteroatoms. The number of hydrogen-bond acceptors (Lipinski definition) is 7. The van der Waals surface area contributed by atoms with Crippen LogP contribution in [0.2, 0.25) is 5.02 Å². The van der Waals surface area contributed by atoms with Crippen LogP contribution in [0, 0.1) is 0 Å². The molecule has 0 radical (unpaired) electrons. The smallest absolute Gasteiger partial charge is 0.266 e. The lowest BCUT2D eigenvalue weighted by Crippen LogP contribution is -2.36. The molecule has 2 heterocycles. The first-order valence-corrected chi connectivity index (χ1v) is 11.4. The summed E-state index contributed by atoms with van der Waals surface area (Å²) in [5.41, 5.74) is 0.655. The number of amides is 1. The third-order valence-electron chi connectivity index (χ3n) is 4.96. The number of thiazole rings is 1. The Morgan fingerprint density at radius 2 is 1.88 bits per heavy atom. The fraction of sp³-hybridized carbons (Fsp3) is 0.261. The summed E-state index contributed by atoms with van der Waals surface area (Å²) in [5.74, 6) is 1.67. The Kier molecular flexibility index (Phi) is 7.31. The van der Waals surface area contributed by atoms with E-state index in [4.69, 9.17) is 30.8 Å². The van der Waals surface area contributed by atoms with Crippen molar-refractivity contribution in [3.63, 3.8) is 0 Å². The number of aryl methyl sites for hydroxylation is 1. The molecule has 0 spiro atoms. The number of carbonyl (C=O) groups excluding carboxylic acids is 1. The van der Waals surface area contributed by atoms with Crippen molar-refractivity contribution in [2.45, 2.75) is 13.0 Å². The van der Waals surface area contributed by atoms with Crippen LogP contribution >= 0.6 is 22.9 Å². The van der Waals surface area contributed by atoms with Crippen LogP contribution in [0.3, 0.4) is 0 Å². The molecule has 33 heavy (non-hydrogen) atoms. The Bertz CT molecular complexity index is 1170. The van der Waals surface area contributed by atoms with Gasteiger partial charge in [-0.3, -0.25) is 9.69 Å². The van der Waals surface area contributed by atoms with Crippen LogP contribution in [0.5, 0.6) is 17.2 Å². The Morgan fingerprint density at radius 3 is 2.58 bits per heavy atom. The van der Waals surface area contributed by atoms with E-state index in [0.717, 1.165) is 11.2 Å². The van der Waals surface area contributed by atoms with Crippen molar-refractivity contribution in [1.82, 2.24) is 14.5 Å². The van der Waals surface area contributed by atoms with Gasteiger partial charge in [-0.1, -0.05) is 22.9 Å². The third-order valence-corrected chi connectivity index (χ3v) is 6.31. The lowest BCUT2D eigenvalue weighted by Gasteiger charge is -2.20. The number of methoxy groups -OCH3 is 2. The summed E-state index contributed by atoms with van der Waals surface area (Å²) in [6.07, 6.45) is 6.09. The molecule has 0 atom stereocenters. The van der Waals surface area contributed by atoms with Crippen molar-refractivity contribution < 1.29 is 19.0 Å². The second-order valence-electron chi connectivity index (χ2n) is 7.09. The zero-order valence-corrected chi connectivity index (χ0v) is 19.8. The summed E-state index contributed by atoms with van der Waals surface area (Å²) in [7, 11) is 3.20. The van der Waals surface area contributed by atoms with E-state index in [1.54, 1.807) is 62.0 Å². The van der Waals surface area contributed by atoms with Gasteiger partial charge in [-0.25, -0.2) is 9.97 Å². The van der Waals surface area contributed by atoms with Crippen molar-refractivity contribution in [1.29, 1.82) is 0 Å². The van der Waals surface area contributed by atoms with Crippen molar-refractivity contribution in [2.75, 3.05) is 32.3 Å². The predicted octanol–water partition coefficient (Wildman–Crippen LogP) is 4.67. The number of halogens is 1. The van der Waals surface area contributed by atoms with Crippen LogP contribution in [0.4, 0.5) is 5.13 Å². The van der Waals surface area contributed by atoms with Gasteiger partial charge in [-0.15, -0.1) is 0 Å². The SMILES string of the molecule is COc1ccc(OC)c2sc(N(CCCn3ccnc3)C(=O)COc3ccc(Cl)cc3)nc12. The minimum atomic E-state index is -0.201. The minimum absolute atomic E-state index is 0.128. The molecule has 0 saturated heterocycles. The largest absolute Gasteiger partial charge is 0.495 e. The highest BCUT2D eigenvalue weighted by molar-refractivity contribution is 7.22. The molecule has 8 nitrogen and oxygen atoms in total. The van der Waals surface area contributed by atoms with E-state index in [1.807, 2.05) is 16.8 Å². The molecule has 0 N–H and O–H groups in total. The summed E-state index contributed by atoms with van der Waals surface area (Å²) >= 11 is 7.31. The van der Waals surface area contributed by atoms with E-state index in [2.05, 4.69) is 4.98 Å². The van der Waals surface area contributed by atoms with E-state index >= 15 is 0 Å². The Balaban J connectivity index is 1.58. The van der Waals surface area contributed by atoms with Crippen molar-refractivity contribution in [3.8, 4) is 17.2 Å². The summed E-state index contributed by atoms with van der Waals surface area (Å²) in [6, 6.07) is 10.5. The van der Waals surface area contributed by atoms with Crippen LogP contribution in [-0.2, 0) is 11.3 Å². The van der Waals surface area contributed by atoms with Gasteiger partial charge in [0.15, 0.2) is 11.7 Å². The summed E-state index contributed by atoms with van der Waals surface area (Å²) in [5, 5.41) is 1.16. The van der Waals surface area contributed by atoms with Crippen molar-refractivity contribution >= 4 is 44.2 Å². The molecule has 172 valence electrons. The molecule has 0 aliphatic carbocycles. The van der Waals surface area contributed by atoms with Gasteiger partial charge in [0.25, 0.3) is 5.91 Å². The normalized spacial score (nSPS) is 10.9. The number of aromatic nitrogens is 3. The number of carbonyl (C=O) groups is 1. The Labute approximate surface area is 200 Å². The maximum absolute atomic E-state index is 13.2. The number of imidazole rings is 1. The molecular weight excluding hydrogens is 464 g/mol. The molecule has 0 saturated carbocycles. The molecule has 0 bridgehead atoms. The van der Waals surface area contributed by atoms with E-state index < -0.39 is 0 Å². The summed E-state index contributed by atoms with van der Waals surface area (Å²) in [4.78, 5) is 23.7. The van der Waals surface area contributed by atoms with Crippen LogP contribution in [0.15, 0.2) is 55.1 Å². The van der Waals surface area contributed by atoms with E-state index in [1.165, 1.54) is 11.3 Å². The number of anilines is 1. The number of nitrogens with zero attached hydrogens (tertiary/aromatic N) is 4. The molecule has 0 aliphatic heterocycles. The molecule has 0 fully saturated rings. The second kappa shape index (κ2) is 10.5. The minimum Gasteiger partial charge on any atom is -0.495 e. The topological polar surface area (TPSA) is 78.7 Å². The summed E-state index contributed by atoms with van der Waals surface area (Å²) < 4.78 is 19.4. The second-order valence-corrected chi connectivity index (χ2v) is 8.50. The molecular formula is C23H23ClN4O4S. The number of fused-ring (bicyclic) bond motifs is 1. The van der Waals surface area contributed by atoms with Gasteiger partial charge in [0.2, 0.25) is 0 Å². The van der Waals surface area contributed by atoms with Gasteiger partial charge in [0.1, 0.15) is 27.5 Å². The van der Waals surface area contributed by atoms with Gasteiger partial charge in [0.05, 0.1) is 20.5 Å². The highest BCUT2D eigenvalue weighted by Gasteiger charge is 2.23. The van der Waals surface area contributed by atoms with E-state index in [-0.39, 0.29) is 12.5 Å². The number of benzene rings is 2. The fourth-order valence-electron chi connectivity index (χ4n) is 3.30. The van der Waals surface area contributed by atoms with Gasteiger partial charge in [0, 0.05) is 30.5 Å². The van der Waals surface area contributed by atoms with Crippen LogP contribution in [-0.4, -0.2) is 47.8 Å². The standard InChI is InChI=1S/C23H23ClN4O4S/c1-30-18-8-9-19(31-2)22-21(18)26-23(33-22)28(12-3-11-27-13-10-25-15-27)20(29)14-32-17-6-4-16(24)5-7-17/h4-10,13,15H,3,11-12,14H2,1-2H3. The first-order chi connectivity index (χ1) is 16.1. The zero-order chi connectivity index (χ0) is 23.2. The van der Waals surface area contributed by atoms with Crippen LogP contribution in [0.25, 0.3) is 10.2 Å². The molecule has 4 rings (SSSR count). The molecule has 2 aromatic carbocycles. The number of hydrogen-bond donors (Lipinski definition) is 0. The van der Waals surface area contributed by atoms with Crippen molar-refractivity contribution in [2.24, 2.45) is 0 Å². The van der Waals surface area contributed by atoms with Gasteiger partial charge >= 0.3 is 0 Å². The maximum atomic E-state index is 13.2. The van der Waals surface area contributed by atoms with Gasteiger partial charge in [-0.05, 0) is 42.8 Å². The molecule has 0 unspecified atom stereocenters. The maximum Gasteiger partial charge on any atom is 0.266 e. The van der Waals surface area contributed by atoms with Crippen molar-refractivity contribution in [3.05, 3.63) is 60.1 Å². The average molecular weight is 487 g/mol. The Morgan fingerprint density at radius 1 is 1.12 bits per heavy atom. The molecule has 4 aromatic rings. The molecule has 1 amide bonds. The summed E-state index contributed by atoms with van der Waals surface area (Å²) in [6.45, 7) is 1.06. The molecule has 0 aliphatic rings. The number of rotatable bonds is 10. The lowest BCUT2D eigenvalue weighted by atomic mass is 10.3.